The molecule has 1 amide bonds. The number of nitrogens with zero attached hydrogens (tertiary/aromatic N) is 4. The molecule has 1 aliphatic heterocycles. The SMILES string of the molecule is O=C(Cn1cnnn1)N[C@H](c1ccc2c(c1)OCCO2)C1CC1. The summed E-state index contributed by atoms with van der Waals surface area (Å²) in [6.45, 7) is 1.23. The Bertz CT molecular complexity index is 699. The van der Waals surface area contributed by atoms with Crippen molar-refractivity contribution in [2.75, 3.05) is 13.2 Å². The standard InChI is InChI=1S/C15H17N5O3/c21-14(8-20-9-16-18-19-20)17-15(10-1-2-10)11-3-4-12-13(7-11)23-6-5-22-12/h3-4,7,9-10,15H,1-2,5-6,8H2,(H,17,21)/t15-/m0/s1. The van der Waals surface area contributed by atoms with Gasteiger partial charge in [-0.1, -0.05) is 6.07 Å². The number of nitrogens with one attached hydrogen (secondary N) is 1. The molecule has 1 fully saturated rings. The molecule has 0 spiro atoms. The van der Waals surface area contributed by atoms with Crippen LogP contribution in [0.2, 0.25) is 0 Å². The smallest absolute Gasteiger partial charge is 0.242 e. The Balaban J connectivity index is 1.50. The second-order valence-corrected chi connectivity index (χ2v) is 5.79. The molecule has 8 heteroatoms. The lowest BCUT2D eigenvalue weighted by Crippen LogP contribution is -2.33. The molecule has 2 aromatic rings. The molecule has 0 bridgehead atoms. The van der Waals surface area contributed by atoms with Crippen LogP contribution in [0.3, 0.4) is 0 Å². The van der Waals surface area contributed by atoms with Gasteiger partial charge in [-0.25, -0.2) is 4.68 Å². The number of hydrogen-bond acceptors (Lipinski definition) is 6. The average Bonchev–Trinajstić information content (AvgIpc) is 3.29. The molecule has 1 aliphatic carbocycles. The molecule has 120 valence electrons. The van der Waals surface area contributed by atoms with Crippen molar-refractivity contribution >= 4 is 5.91 Å². The number of tetrazole rings is 1. The summed E-state index contributed by atoms with van der Waals surface area (Å²) in [5.74, 6) is 1.86. The first-order valence-electron chi connectivity index (χ1n) is 7.69. The van der Waals surface area contributed by atoms with Gasteiger partial charge in [0.2, 0.25) is 5.91 Å². The first-order valence-corrected chi connectivity index (χ1v) is 7.69. The van der Waals surface area contributed by atoms with Crippen molar-refractivity contribution in [1.82, 2.24) is 25.5 Å². The molecule has 1 N–H and O–H groups in total. The van der Waals surface area contributed by atoms with Crippen molar-refractivity contribution in [1.29, 1.82) is 0 Å². The molecule has 0 radical (unpaired) electrons. The number of carbonyl (C=O) groups excluding carboxylic acids is 1. The fourth-order valence-electron chi connectivity index (χ4n) is 2.78. The van der Waals surface area contributed by atoms with Crippen LogP contribution in [0.5, 0.6) is 11.5 Å². The van der Waals surface area contributed by atoms with Gasteiger partial charge in [-0.3, -0.25) is 4.79 Å². The Morgan fingerprint density at radius 2 is 2.13 bits per heavy atom. The van der Waals surface area contributed by atoms with Crippen LogP contribution in [0, 0.1) is 5.92 Å². The van der Waals surface area contributed by atoms with Crippen molar-refractivity contribution in [2.45, 2.75) is 25.4 Å². The van der Waals surface area contributed by atoms with E-state index in [0.717, 1.165) is 29.9 Å². The van der Waals surface area contributed by atoms with E-state index in [4.69, 9.17) is 9.47 Å². The van der Waals surface area contributed by atoms with E-state index in [1.54, 1.807) is 0 Å². The zero-order valence-electron chi connectivity index (χ0n) is 12.5. The van der Waals surface area contributed by atoms with E-state index in [0.29, 0.717) is 19.1 Å². The fraction of sp³-hybridized carbons (Fsp3) is 0.467. The maximum atomic E-state index is 12.2. The van der Waals surface area contributed by atoms with Crippen molar-refractivity contribution < 1.29 is 14.3 Å². The number of hydrogen-bond donors (Lipinski definition) is 1. The molecular weight excluding hydrogens is 298 g/mol. The monoisotopic (exact) mass is 315 g/mol. The maximum Gasteiger partial charge on any atom is 0.242 e. The zero-order chi connectivity index (χ0) is 15.6. The van der Waals surface area contributed by atoms with Gasteiger partial charge in [-0.2, -0.15) is 0 Å². The highest BCUT2D eigenvalue weighted by molar-refractivity contribution is 5.76. The largest absolute Gasteiger partial charge is 0.486 e. The molecule has 2 heterocycles. The first kappa shape index (κ1) is 14.0. The van der Waals surface area contributed by atoms with Gasteiger partial charge in [0.15, 0.2) is 11.5 Å². The number of fused-ring (bicyclic) bond motifs is 1. The maximum absolute atomic E-state index is 12.2. The van der Waals surface area contributed by atoms with Gasteiger partial charge in [-0.15, -0.1) is 5.10 Å². The molecule has 0 saturated heterocycles. The molecule has 1 aromatic carbocycles. The van der Waals surface area contributed by atoms with Crippen molar-refractivity contribution in [3.63, 3.8) is 0 Å². The summed E-state index contributed by atoms with van der Waals surface area (Å²) in [5.41, 5.74) is 1.04. The van der Waals surface area contributed by atoms with Crippen molar-refractivity contribution in [2.24, 2.45) is 5.92 Å². The average molecular weight is 315 g/mol. The van der Waals surface area contributed by atoms with E-state index in [1.165, 1.54) is 11.0 Å². The highest BCUT2D eigenvalue weighted by Gasteiger charge is 2.34. The van der Waals surface area contributed by atoms with Crippen LogP contribution in [-0.4, -0.2) is 39.3 Å². The molecule has 1 saturated carbocycles. The Kier molecular flexibility index (Phi) is 3.57. The van der Waals surface area contributed by atoms with Crippen LogP contribution in [0.15, 0.2) is 24.5 Å². The second-order valence-electron chi connectivity index (χ2n) is 5.79. The molecule has 0 unspecified atom stereocenters. The Labute approximate surface area is 132 Å². The predicted octanol–water partition coefficient (Wildman–Crippen LogP) is 0.712. The number of benzene rings is 1. The minimum absolute atomic E-state index is 0.0187. The minimum Gasteiger partial charge on any atom is -0.486 e. The molecule has 2 aliphatic rings. The number of ether oxygens (including phenoxy) is 2. The summed E-state index contributed by atoms with van der Waals surface area (Å²) < 4.78 is 12.6. The molecule has 1 atom stereocenters. The van der Waals surface area contributed by atoms with Gasteiger partial charge in [0, 0.05) is 0 Å². The summed E-state index contributed by atoms with van der Waals surface area (Å²) in [6, 6.07) is 5.85. The summed E-state index contributed by atoms with van der Waals surface area (Å²) in [6.07, 6.45) is 3.66. The second kappa shape index (κ2) is 5.86. The van der Waals surface area contributed by atoms with Crippen molar-refractivity contribution in [3.8, 4) is 11.5 Å². The topological polar surface area (TPSA) is 91.2 Å². The third-order valence-corrected chi connectivity index (χ3v) is 4.03. The van der Waals surface area contributed by atoms with E-state index in [2.05, 4.69) is 20.8 Å². The third kappa shape index (κ3) is 3.10. The number of rotatable bonds is 5. The summed E-state index contributed by atoms with van der Waals surface area (Å²) in [4.78, 5) is 12.2. The molecule has 1 aromatic heterocycles. The van der Waals surface area contributed by atoms with Crippen LogP contribution in [0.4, 0.5) is 0 Å². The summed E-state index contributed by atoms with van der Waals surface area (Å²) in [5, 5.41) is 13.9. The predicted molar refractivity (Wildman–Crippen MR) is 78.9 cm³/mol. The zero-order valence-corrected chi connectivity index (χ0v) is 12.5. The van der Waals surface area contributed by atoms with Crippen LogP contribution < -0.4 is 14.8 Å². The highest BCUT2D eigenvalue weighted by atomic mass is 16.6. The van der Waals surface area contributed by atoms with Crippen LogP contribution in [-0.2, 0) is 11.3 Å². The summed E-state index contributed by atoms with van der Waals surface area (Å²) >= 11 is 0. The normalized spacial score (nSPS) is 17.6. The minimum atomic E-state index is -0.107. The van der Waals surface area contributed by atoms with Crippen LogP contribution >= 0.6 is 0 Å². The van der Waals surface area contributed by atoms with Gasteiger partial charge in [-0.05, 0) is 46.9 Å². The Morgan fingerprint density at radius 3 is 2.87 bits per heavy atom. The molecular formula is C15H17N5O3. The van der Waals surface area contributed by atoms with E-state index < -0.39 is 0 Å². The Morgan fingerprint density at radius 1 is 1.30 bits per heavy atom. The van der Waals surface area contributed by atoms with Crippen LogP contribution in [0.25, 0.3) is 0 Å². The lowest BCUT2D eigenvalue weighted by atomic mass is 10.0. The lowest BCUT2D eigenvalue weighted by molar-refractivity contribution is -0.122. The lowest BCUT2D eigenvalue weighted by Gasteiger charge is -2.23. The molecule has 23 heavy (non-hydrogen) atoms. The van der Waals surface area contributed by atoms with Crippen LogP contribution in [0.1, 0.15) is 24.4 Å². The van der Waals surface area contributed by atoms with Gasteiger partial charge in [0.05, 0.1) is 6.04 Å². The fourth-order valence-corrected chi connectivity index (χ4v) is 2.78. The summed E-state index contributed by atoms with van der Waals surface area (Å²) in [7, 11) is 0. The van der Waals surface area contributed by atoms with Gasteiger partial charge in [0.1, 0.15) is 26.1 Å². The Hall–Kier alpha value is -2.64. The quantitative estimate of drug-likeness (QED) is 0.874. The number of aromatic nitrogens is 4. The third-order valence-electron chi connectivity index (χ3n) is 4.03. The van der Waals surface area contributed by atoms with Gasteiger partial charge < -0.3 is 14.8 Å². The van der Waals surface area contributed by atoms with Gasteiger partial charge >= 0.3 is 0 Å². The first-order chi connectivity index (χ1) is 11.3. The highest BCUT2D eigenvalue weighted by Crippen LogP contribution is 2.43. The number of carbonyl (C=O) groups is 1. The molecule has 8 nitrogen and oxygen atoms in total. The van der Waals surface area contributed by atoms with Gasteiger partial charge in [0.25, 0.3) is 0 Å². The van der Waals surface area contributed by atoms with E-state index in [9.17, 15) is 4.79 Å². The van der Waals surface area contributed by atoms with E-state index in [1.807, 2.05) is 18.2 Å². The number of amides is 1. The molecule has 4 rings (SSSR count). The van der Waals surface area contributed by atoms with E-state index in [-0.39, 0.29) is 18.5 Å². The van der Waals surface area contributed by atoms with Crippen molar-refractivity contribution in [3.05, 3.63) is 30.1 Å². The van der Waals surface area contributed by atoms with E-state index >= 15 is 0 Å².